The van der Waals surface area contributed by atoms with Crippen LogP contribution >= 0.6 is 11.3 Å². The highest BCUT2D eigenvalue weighted by molar-refractivity contribution is 7.13. The summed E-state index contributed by atoms with van der Waals surface area (Å²) in [5.41, 5.74) is 6.44. The van der Waals surface area contributed by atoms with Gasteiger partial charge in [0.25, 0.3) is 0 Å². The lowest BCUT2D eigenvalue weighted by atomic mass is 10.3. The third-order valence-corrected chi connectivity index (χ3v) is 3.74. The molecule has 1 aromatic rings. The van der Waals surface area contributed by atoms with Crippen LogP contribution in [0.2, 0.25) is 0 Å². The van der Waals surface area contributed by atoms with Gasteiger partial charge in [0.2, 0.25) is 0 Å². The van der Waals surface area contributed by atoms with Gasteiger partial charge in [-0.15, -0.1) is 11.3 Å². The highest BCUT2D eigenvalue weighted by Crippen LogP contribution is 2.44. The molecule has 5 heteroatoms. The zero-order valence-electron chi connectivity index (χ0n) is 8.16. The molecule has 4 nitrogen and oxygen atoms in total. The fourth-order valence-electron chi connectivity index (χ4n) is 1.24. The minimum absolute atomic E-state index is 0.262. The quantitative estimate of drug-likeness (QED) is 0.748. The highest BCUT2D eigenvalue weighted by atomic mass is 32.1. The standard InChI is InChI=1S/C9H12N2O2S/c1-5-6(7(12)13-2)14-8(11-5)9(10)3-4-9/h3-4,10H2,1-2H3. The van der Waals surface area contributed by atoms with Crippen molar-refractivity contribution >= 4 is 17.3 Å². The number of thiazole rings is 1. The predicted molar refractivity (Wildman–Crippen MR) is 53.3 cm³/mol. The molecule has 2 N–H and O–H groups in total. The van der Waals surface area contributed by atoms with Crippen LogP contribution in [0.25, 0.3) is 0 Å². The van der Waals surface area contributed by atoms with Gasteiger partial charge in [0.15, 0.2) is 0 Å². The second-order valence-electron chi connectivity index (χ2n) is 3.58. The van der Waals surface area contributed by atoms with Gasteiger partial charge in [-0.3, -0.25) is 0 Å². The number of carbonyl (C=O) groups is 1. The van der Waals surface area contributed by atoms with E-state index in [0.717, 1.165) is 17.8 Å². The first kappa shape index (κ1) is 9.61. The molecule has 1 heterocycles. The van der Waals surface area contributed by atoms with Crippen LogP contribution in [0.3, 0.4) is 0 Å². The van der Waals surface area contributed by atoms with E-state index in [1.807, 2.05) is 0 Å². The summed E-state index contributed by atoms with van der Waals surface area (Å²) in [5, 5.41) is 0.857. The second kappa shape index (κ2) is 3.03. The number of esters is 1. The Morgan fingerprint density at radius 3 is 2.79 bits per heavy atom. The third kappa shape index (κ3) is 1.42. The number of hydrogen-bond acceptors (Lipinski definition) is 5. The van der Waals surface area contributed by atoms with Crippen LogP contribution in [0.5, 0.6) is 0 Å². The van der Waals surface area contributed by atoms with Crippen LogP contribution in [-0.2, 0) is 10.3 Å². The SMILES string of the molecule is COC(=O)c1sc(C2(N)CC2)nc1C. The van der Waals surface area contributed by atoms with E-state index in [1.165, 1.54) is 18.4 Å². The zero-order valence-corrected chi connectivity index (χ0v) is 8.98. The van der Waals surface area contributed by atoms with Crippen molar-refractivity contribution in [3.8, 4) is 0 Å². The Kier molecular flexibility index (Phi) is 2.08. The number of nitrogens with zero attached hydrogens (tertiary/aromatic N) is 1. The van der Waals surface area contributed by atoms with Crippen molar-refractivity contribution in [3.63, 3.8) is 0 Å². The summed E-state index contributed by atoms with van der Waals surface area (Å²) in [6, 6.07) is 0. The summed E-state index contributed by atoms with van der Waals surface area (Å²) < 4.78 is 4.65. The van der Waals surface area contributed by atoms with Crippen LogP contribution in [-0.4, -0.2) is 18.1 Å². The summed E-state index contributed by atoms with van der Waals surface area (Å²) in [6.07, 6.45) is 1.92. The number of ether oxygens (including phenoxy) is 1. The normalized spacial score (nSPS) is 17.9. The Balaban J connectivity index is 2.34. The van der Waals surface area contributed by atoms with E-state index in [4.69, 9.17) is 5.73 Å². The highest BCUT2D eigenvalue weighted by Gasteiger charge is 2.43. The molecular weight excluding hydrogens is 200 g/mol. The van der Waals surface area contributed by atoms with E-state index in [1.54, 1.807) is 6.92 Å². The first-order valence-corrected chi connectivity index (χ1v) is 5.23. The molecule has 0 saturated heterocycles. The van der Waals surface area contributed by atoms with Gasteiger partial charge >= 0.3 is 5.97 Å². The molecule has 1 aliphatic rings. The van der Waals surface area contributed by atoms with Gasteiger partial charge in [0.1, 0.15) is 9.88 Å². The summed E-state index contributed by atoms with van der Waals surface area (Å²) in [5.74, 6) is -0.324. The van der Waals surface area contributed by atoms with Gasteiger partial charge in [-0.1, -0.05) is 0 Å². The number of hydrogen-bond donors (Lipinski definition) is 1. The number of nitrogens with two attached hydrogens (primary N) is 1. The Morgan fingerprint density at radius 1 is 1.64 bits per heavy atom. The first-order valence-electron chi connectivity index (χ1n) is 4.42. The predicted octanol–water partition coefficient (Wildman–Crippen LogP) is 1.19. The lowest BCUT2D eigenvalue weighted by molar-refractivity contribution is 0.0605. The topological polar surface area (TPSA) is 65.2 Å². The molecule has 0 atom stereocenters. The molecular formula is C9H12N2O2S. The lowest BCUT2D eigenvalue weighted by Gasteiger charge is -2.00. The Labute approximate surface area is 86.1 Å². The summed E-state index contributed by atoms with van der Waals surface area (Å²) in [6.45, 7) is 1.80. The van der Waals surface area contributed by atoms with Crippen LogP contribution in [0.1, 0.15) is 33.2 Å². The summed E-state index contributed by atoms with van der Waals surface area (Å²) >= 11 is 1.35. The average molecular weight is 212 g/mol. The molecule has 0 radical (unpaired) electrons. The molecule has 14 heavy (non-hydrogen) atoms. The Bertz CT molecular complexity index is 382. The van der Waals surface area contributed by atoms with Crippen molar-refractivity contribution in [2.75, 3.05) is 7.11 Å². The molecule has 0 aliphatic heterocycles. The maximum atomic E-state index is 11.3. The maximum absolute atomic E-state index is 11.3. The van der Waals surface area contributed by atoms with Gasteiger partial charge in [-0.25, -0.2) is 9.78 Å². The average Bonchev–Trinajstić information content (AvgIpc) is 2.78. The fraction of sp³-hybridized carbons (Fsp3) is 0.556. The number of carbonyl (C=O) groups excluding carboxylic acids is 1. The van der Waals surface area contributed by atoms with Gasteiger partial charge in [0, 0.05) is 0 Å². The van der Waals surface area contributed by atoms with Crippen molar-refractivity contribution in [2.45, 2.75) is 25.3 Å². The van der Waals surface area contributed by atoms with Crippen LogP contribution < -0.4 is 5.73 Å². The zero-order chi connectivity index (χ0) is 10.3. The Hall–Kier alpha value is -0.940. The van der Waals surface area contributed by atoms with E-state index in [2.05, 4.69) is 9.72 Å². The molecule has 2 rings (SSSR count). The van der Waals surface area contributed by atoms with Crippen molar-refractivity contribution in [1.82, 2.24) is 4.98 Å². The fourth-order valence-corrected chi connectivity index (χ4v) is 2.38. The molecule has 1 fully saturated rings. The van der Waals surface area contributed by atoms with Crippen LogP contribution in [0.4, 0.5) is 0 Å². The minimum Gasteiger partial charge on any atom is -0.465 e. The van der Waals surface area contributed by atoms with Gasteiger partial charge in [-0.2, -0.15) is 0 Å². The van der Waals surface area contributed by atoms with Crippen molar-refractivity contribution in [1.29, 1.82) is 0 Å². The molecule has 1 aromatic heterocycles. The summed E-state index contributed by atoms with van der Waals surface area (Å²) in [7, 11) is 1.37. The molecule has 0 bridgehead atoms. The largest absolute Gasteiger partial charge is 0.465 e. The number of aryl methyl sites for hydroxylation is 1. The van der Waals surface area contributed by atoms with Gasteiger partial charge in [-0.05, 0) is 19.8 Å². The second-order valence-corrected chi connectivity index (χ2v) is 4.58. The molecule has 1 aliphatic carbocycles. The number of aromatic nitrogens is 1. The third-order valence-electron chi connectivity index (χ3n) is 2.38. The smallest absolute Gasteiger partial charge is 0.349 e. The molecule has 1 saturated carbocycles. The van der Waals surface area contributed by atoms with Crippen LogP contribution in [0.15, 0.2) is 0 Å². The molecule has 0 spiro atoms. The van der Waals surface area contributed by atoms with Crippen LogP contribution in [0, 0.1) is 6.92 Å². The monoisotopic (exact) mass is 212 g/mol. The maximum Gasteiger partial charge on any atom is 0.349 e. The summed E-state index contributed by atoms with van der Waals surface area (Å²) in [4.78, 5) is 16.2. The molecule has 0 unspecified atom stereocenters. The number of rotatable bonds is 2. The minimum atomic E-state index is -0.324. The van der Waals surface area contributed by atoms with E-state index < -0.39 is 0 Å². The van der Waals surface area contributed by atoms with Gasteiger partial charge in [0.05, 0.1) is 18.3 Å². The molecule has 0 amide bonds. The molecule has 76 valence electrons. The van der Waals surface area contributed by atoms with E-state index in [9.17, 15) is 4.79 Å². The van der Waals surface area contributed by atoms with E-state index >= 15 is 0 Å². The van der Waals surface area contributed by atoms with Crippen molar-refractivity contribution in [2.24, 2.45) is 5.73 Å². The number of methoxy groups -OCH3 is 1. The first-order chi connectivity index (χ1) is 6.57. The van der Waals surface area contributed by atoms with Crippen molar-refractivity contribution < 1.29 is 9.53 Å². The Morgan fingerprint density at radius 2 is 2.29 bits per heavy atom. The van der Waals surface area contributed by atoms with Gasteiger partial charge < -0.3 is 10.5 Å². The van der Waals surface area contributed by atoms with Crippen molar-refractivity contribution in [3.05, 3.63) is 15.6 Å². The van der Waals surface area contributed by atoms with E-state index in [0.29, 0.717) is 10.6 Å². The lowest BCUT2D eigenvalue weighted by Crippen LogP contribution is -2.18. The van der Waals surface area contributed by atoms with E-state index in [-0.39, 0.29) is 11.5 Å². The molecule has 0 aromatic carbocycles.